The number of rotatable bonds is 4. The van der Waals surface area contributed by atoms with Crippen molar-refractivity contribution in [2.45, 2.75) is 65.6 Å². The largest absolute Gasteiger partial charge is 0.497 e. The molecule has 0 saturated heterocycles. The Bertz CT molecular complexity index is 1010. The molecule has 1 aromatic carbocycles. The zero-order valence-electron chi connectivity index (χ0n) is 21.1. The molecule has 5 heteroatoms. The van der Waals surface area contributed by atoms with Gasteiger partial charge in [-0.05, 0) is 66.9 Å². The minimum atomic E-state index is -0.736. The molecule has 0 aliphatic heterocycles. The number of Topliss-reactive ketones (excluding diaryl/α,β-unsaturated/α-hetero) is 1. The van der Waals surface area contributed by atoms with E-state index in [1.807, 2.05) is 13.0 Å². The average molecular weight is 467 g/mol. The van der Waals surface area contributed by atoms with Crippen LogP contribution in [0.5, 0.6) is 5.75 Å². The standard InChI is InChI=1S/C29H38O5/c1-8-27(5)16-22(30)28(6)18(3)13-14-29(15-17(2)23(31)24(28)29)19(4)25(27)34-26(32)20-9-11-21(33-7)12-10-20/h8-12,18-19,22,24-25,30H,1-2,13-16H2,3-7H3/t18-,19+,22-,24+,25+,27-,28+,29+/m1/s1. The number of aliphatic hydroxyl groups excluding tert-OH is 1. The molecule has 3 aliphatic carbocycles. The average Bonchev–Trinajstić information content (AvgIpc) is 3.10. The Hall–Kier alpha value is -2.40. The van der Waals surface area contributed by atoms with Crippen LogP contribution in [0.2, 0.25) is 0 Å². The molecule has 8 atom stereocenters. The van der Waals surface area contributed by atoms with Crippen LogP contribution in [0.25, 0.3) is 0 Å². The van der Waals surface area contributed by atoms with Crippen molar-refractivity contribution in [3.8, 4) is 5.75 Å². The van der Waals surface area contributed by atoms with Gasteiger partial charge < -0.3 is 14.6 Å². The Balaban J connectivity index is 1.81. The topological polar surface area (TPSA) is 72.8 Å². The second-order valence-electron chi connectivity index (χ2n) is 11.4. The Morgan fingerprint density at radius 3 is 2.44 bits per heavy atom. The summed E-state index contributed by atoms with van der Waals surface area (Å²) in [7, 11) is 1.58. The summed E-state index contributed by atoms with van der Waals surface area (Å²) in [5.41, 5.74) is -0.578. The van der Waals surface area contributed by atoms with Crippen molar-refractivity contribution in [1.82, 2.24) is 0 Å². The fourth-order valence-corrected chi connectivity index (χ4v) is 7.41. The van der Waals surface area contributed by atoms with Crippen LogP contribution in [0.3, 0.4) is 0 Å². The number of ketones is 1. The summed E-state index contributed by atoms with van der Waals surface area (Å²) in [5, 5.41) is 11.7. The van der Waals surface area contributed by atoms with Crippen LogP contribution < -0.4 is 4.74 Å². The molecular weight excluding hydrogens is 428 g/mol. The maximum atomic E-state index is 13.5. The summed E-state index contributed by atoms with van der Waals surface area (Å²) in [6.45, 7) is 16.6. The van der Waals surface area contributed by atoms with Gasteiger partial charge in [0, 0.05) is 22.7 Å². The van der Waals surface area contributed by atoms with Crippen molar-refractivity contribution in [3.63, 3.8) is 0 Å². The predicted octanol–water partition coefficient (Wildman–Crippen LogP) is 5.38. The molecular formula is C29H38O5. The molecule has 4 rings (SSSR count). The van der Waals surface area contributed by atoms with Gasteiger partial charge in [-0.1, -0.05) is 40.3 Å². The molecule has 1 aromatic rings. The molecule has 0 aromatic heterocycles. The lowest BCUT2D eigenvalue weighted by molar-refractivity contribution is -0.191. The fourth-order valence-electron chi connectivity index (χ4n) is 7.41. The maximum Gasteiger partial charge on any atom is 0.338 e. The molecule has 34 heavy (non-hydrogen) atoms. The Morgan fingerprint density at radius 1 is 1.21 bits per heavy atom. The quantitative estimate of drug-likeness (QED) is 0.366. The number of esters is 1. The van der Waals surface area contributed by atoms with Gasteiger partial charge >= 0.3 is 5.97 Å². The van der Waals surface area contributed by atoms with Gasteiger partial charge in [-0.25, -0.2) is 4.79 Å². The third kappa shape index (κ3) is 3.38. The number of carbonyl (C=O) groups is 2. The third-order valence-electron chi connectivity index (χ3n) is 9.84. The number of aliphatic hydroxyl groups is 1. The van der Waals surface area contributed by atoms with Crippen molar-refractivity contribution in [2.24, 2.45) is 34.0 Å². The van der Waals surface area contributed by atoms with Crippen molar-refractivity contribution in [2.75, 3.05) is 7.11 Å². The number of carbonyl (C=O) groups excluding carboxylic acids is 2. The number of hydrogen-bond donors (Lipinski definition) is 1. The highest BCUT2D eigenvalue weighted by atomic mass is 16.5. The molecule has 3 saturated carbocycles. The van der Waals surface area contributed by atoms with E-state index in [2.05, 4.69) is 33.9 Å². The lowest BCUT2D eigenvalue weighted by Gasteiger charge is -2.61. The van der Waals surface area contributed by atoms with Gasteiger partial charge in [0.25, 0.3) is 0 Å². The molecule has 3 aliphatic rings. The fraction of sp³-hybridized carbons (Fsp3) is 0.586. The molecule has 3 fully saturated rings. The van der Waals surface area contributed by atoms with Gasteiger partial charge in [0.1, 0.15) is 11.9 Å². The first-order chi connectivity index (χ1) is 15.9. The smallest absolute Gasteiger partial charge is 0.338 e. The summed E-state index contributed by atoms with van der Waals surface area (Å²) in [6.07, 6.45) is 3.25. The van der Waals surface area contributed by atoms with E-state index in [0.717, 1.165) is 12.8 Å². The van der Waals surface area contributed by atoms with Crippen molar-refractivity contribution < 1.29 is 24.2 Å². The van der Waals surface area contributed by atoms with Crippen LogP contribution in [-0.4, -0.2) is 36.2 Å². The van der Waals surface area contributed by atoms with Crippen LogP contribution in [0.1, 0.15) is 63.7 Å². The molecule has 0 amide bonds. The number of hydrogen-bond acceptors (Lipinski definition) is 5. The summed E-state index contributed by atoms with van der Waals surface area (Å²) < 4.78 is 11.5. The number of ether oxygens (including phenoxy) is 2. The minimum Gasteiger partial charge on any atom is -0.497 e. The second kappa shape index (κ2) is 8.37. The third-order valence-corrected chi connectivity index (χ3v) is 9.84. The Kier molecular flexibility index (Phi) is 6.08. The Morgan fingerprint density at radius 2 is 1.85 bits per heavy atom. The van der Waals surface area contributed by atoms with E-state index in [0.29, 0.717) is 29.7 Å². The van der Waals surface area contributed by atoms with Gasteiger partial charge in [0.2, 0.25) is 0 Å². The van der Waals surface area contributed by atoms with E-state index in [9.17, 15) is 14.7 Å². The number of methoxy groups -OCH3 is 1. The molecule has 2 bridgehead atoms. The van der Waals surface area contributed by atoms with Gasteiger partial charge in [-0.3, -0.25) is 4.79 Å². The van der Waals surface area contributed by atoms with Crippen molar-refractivity contribution in [1.29, 1.82) is 0 Å². The number of benzene rings is 1. The minimum absolute atomic E-state index is 0.0717. The van der Waals surface area contributed by atoms with Crippen LogP contribution in [0, 0.1) is 34.0 Å². The van der Waals surface area contributed by atoms with Gasteiger partial charge in [-0.2, -0.15) is 0 Å². The molecule has 0 radical (unpaired) electrons. The van der Waals surface area contributed by atoms with Crippen LogP contribution in [0.4, 0.5) is 0 Å². The normalized spacial score (nSPS) is 41.8. The van der Waals surface area contributed by atoms with Crippen LogP contribution in [-0.2, 0) is 9.53 Å². The highest BCUT2D eigenvalue weighted by Gasteiger charge is 2.68. The maximum absolute atomic E-state index is 13.5. The summed E-state index contributed by atoms with van der Waals surface area (Å²) >= 11 is 0. The first-order valence-corrected chi connectivity index (χ1v) is 12.3. The number of allylic oxidation sites excluding steroid dienone is 1. The van der Waals surface area contributed by atoms with Gasteiger partial charge in [-0.15, -0.1) is 6.58 Å². The molecule has 0 heterocycles. The lowest BCUT2D eigenvalue weighted by Crippen LogP contribution is -2.62. The second-order valence-corrected chi connectivity index (χ2v) is 11.4. The van der Waals surface area contributed by atoms with E-state index in [4.69, 9.17) is 9.47 Å². The monoisotopic (exact) mass is 466 g/mol. The highest BCUT2D eigenvalue weighted by Crippen LogP contribution is 2.68. The zero-order chi connectivity index (χ0) is 25.1. The molecule has 0 spiro atoms. The molecule has 1 N–H and O–H groups in total. The lowest BCUT2D eigenvalue weighted by atomic mass is 9.44. The van der Waals surface area contributed by atoms with E-state index in [1.54, 1.807) is 31.4 Å². The van der Waals surface area contributed by atoms with Crippen LogP contribution >= 0.6 is 0 Å². The van der Waals surface area contributed by atoms with E-state index in [1.165, 1.54) is 0 Å². The Labute approximate surface area is 203 Å². The summed E-state index contributed by atoms with van der Waals surface area (Å²) in [6, 6.07) is 6.85. The highest BCUT2D eigenvalue weighted by molar-refractivity contribution is 6.00. The first-order valence-electron chi connectivity index (χ1n) is 12.3. The first kappa shape index (κ1) is 24.7. The van der Waals surface area contributed by atoms with Gasteiger partial charge in [0.05, 0.1) is 18.8 Å². The van der Waals surface area contributed by atoms with Gasteiger partial charge in [0.15, 0.2) is 5.78 Å². The predicted molar refractivity (Wildman–Crippen MR) is 131 cm³/mol. The van der Waals surface area contributed by atoms with Crippen molar-refractivity contribution in [3.05, 3.63) is 54.6 Å². The zero-order valence-corrected chi connectivity index (χ0v) is 21.1. The van der Waals surface area contributed by atoms with E-state index >= 15 is 0 Å². The SMILES string of the molecule is C=C[C@]1(C)C[C@@H](O)[C@]2(C)[C@H](C)CC[C@]3(CC(=C)C(=O)[C@H]32)[C@@H](C)[C@@H]1OC(=O)c1ccc(OC)cc1. The summed E-state index contributed by atoms with van der Waals surface area (Å²) in [4.78, 5) is 26.9. The molecule has 0 unspecified atom stereocenters. The van der Waals surface area contributed by atoms with Crippen LogP contribution in [0.15, 0.2) is 49.1 Å². The molecule has 5 nitrogen and oxygen atoms in total. The summed E-state index contributed by atoms with van der Waals surface area (Å²) in [5.74, 6) is 0.0430. The molecule has 184 valence electrons. The van der Waals surface area contributed by atoms with E-state index < -0.39 is 34.4 Å². The van der Waals surface area contributed by atoms with E-state index in [-0.39, 0.29) is 23.5 Å². The van der Waals surface area contributed by atoms with Crippen molar-refractivity contribution >= 4 is 11.8 Å².